The normalized spacial score (nSPS) is 18.7. The fourth-order valence-electron chi connectivity index (χ4n) is 3.71. The van der Waals surface area contributed by atoms with Gasteiger partial charge in [-0.15, -0.1) is 0 Å². The van der Waals surface area contributed by atoms with E-state index in [4.69, 9.17) is 9.47 Å². The fraction of sp³-hybridized carbons (Fsp3) is 0.400. The summed E-state index contributed by atoms with van der Waals surface area (Å²) in [5.74, 6) is 1.17. The van der Waals surface area contributed by atoms with Gasteiger partial charge in [0.15, 0.2) is 11.5 Å². The lowest BCUT2D eigenvalue weighted by atomic mass is 10.1. The number of rotatable bonds is 7. The molecule has 7 nitrogen and oxygen atoms in total. The van der Waals surface area contributed by atoms with E-state index in [1.807, 2.05) is 43.5 Å². The number of unbranched alkanes of at least 4 members (excludes halogenated alkanes) is 1. The van der Waals surface area contributed by atoms with Gasteiger partial charge in [-0.3, -0.25) is 9.69 Å². The summed E-state index contributed by atoms with van der Waals surface area (Å²) in [6, 6.07) is 5.63. The molecule has 7 heteroatoms. The number of hydrogen-bond donors (Lipinski definition) is 1. The van der Waals surface area contributed by atoms with E-state index in [2.05, 4.69) is 17.9 Å². The molecule has 2 aliphatic heterocycles. The van der Waals surface area contributed by atoms with Gasteiger partial charge in [0, 0.05) is 44.2 Å². The molecule has 0 bridgehead atoms. The van der Waals surface area contributed by atoms with Crippen LogP contribution in [0.15, 0.2) is 60.1 Å². The van der Waals surface area contributed by atoms with Crippen molar-refractivity contribution in [2.24, 2.45) is 0 Å². The quantitative estimate of drug-likeness (QED) is 0.647. The highest BCUT2D eigenvalue weighted by Crippen LogP contribution is 2.30. The van der Waals surface area contributed by atoms with Crippen LogP contribution in [0, 0.1) is 0 Å². The van der Waals surface area contributed by atoms with Crippen molar-refractivity contribution in [3.05, 3.63) is 65.7 Å². The van der Waals surface area contributed by atoms with Gasteiger partial charge in [0.25, 0.3) is 5.91 Å². The van der Waals surface area contributed by atoms with E-state index < -0.39 is 0 Å². The molecule has 0 unspecified atom stereocenters. The van der Waals surface area contributed by atoms with Gasteiger partial charge in [0.1, 0.15) is 0 Å². The molecule has 0 saturated carbocycles. The molecule has 2 heterocycles. The number of carbonyl (C=O) groups excluding carboxylic acids is 1. The molecule has 1 saturated heterocycles. The topological polar surface area (TPSA) is 65.5 Å². The number of hydrogen-bond acceptors (Lipinski definition) is 6. The minimum absolute atomic E-state index is 0.109. The molecule has 0 aromatic heterocycles. The molecule has 172 valence electrons. The monoisotopic (exact) mass is 439 g/mol. The van der Waals surface area contributed by atoms with Crippen molar-refractivity contribution in [3.8, 4) is 11.5 Å². The first-order chi connectivity index (χ1) is 15.5. The van der Waals surface area contributed by atoms with E-state index in [0.29, 0.717) is 37.7 Å². The van der Waals surface area contributed by atoms with Crippen LogP contribution in [0.2, 0.25) is 0 Å². The Morgan fingerprint density at radius 1 is 1.09 bits per heavy atom. The number of amides is 1. The number of allylic oxidation sites excluding steroid dienone is 4. The van der Waals surface area contributed by atoms with Crippen molar-refractivity contribution in [1.29, 1.82) is 0 Å². The summed E-state index contributed by atoms with van der Waals surface area (Å²) in [4.78, 5) is 17.2. The van der Waals surface area contributed by atoms with E-state index in [0.717, 1.165) is 35.4 Å². The van der Waals surface area contributed by atoms with Crippen molar-refractivity contribution in [3.63, 3.8) is 0 Å². The summed E-state index contributed by atoms with van der Waals surface area (Å²) in [5, 5.41) is 11.0. The van der Waals surface area contributed by atoms with Gasteiger partial charge < -0.3 is 19.6 Å². The maximum absolute atomic E-state index is 13.3. The summed E-state index contributed by atoms with van der Waals surface area (Å²) < 4.78 is 10.7. The standard InChI is InChI=1S/C25H33N3O4/c1-5-6-7-21-9-10-22(26-12-14-27(30)15-13-26)18-28(21)25(29)16-19(2)20-8-11-23(31-3)24(17-20)32-4/h7-11,16-18,30H,5-6,12-15H2,1-4H3. The van der Waals surface area contributed by atoms with Crippen LogP contribution in [0.4, 0.5) is 0 Å². The Hall–Kier alpha value is -3.03. The second-order valence-electron chi connectivity index (χ2n) is 7.85. The van der Waals surface area contributed by atoms with Crippen LogP contribution in [0.1, 0.15) is 32.3 Å². The number of piperazine rings is 1. The van der Waals surface area contributed by atoms with E-state index in [-0.39, 0.29) is 5.91 Å². The van der Waals surface area contributed by atoms with Gasteiger partial charge in [-0.1, -0.05) is 25.5 Å². The molecule has 32 heavy (non-hydrogen) atoms. The van der Waals surface area contributed by atoms with Gasteiger partial charge in [-0.25, -0.2) is 0 Å². The van der Waals surface area contributed by atoms with Crippen LogP contribution in [0.25, 0.3) is 5.57 Å². The van der Waals surface area contributed by atoms with Crippen LogP contribution in [0.5, 0.6) is 11.5 Å². The van der Waals surface area contributed by atoms with Crippen LogP contribution >= 0.6 is 0 Å². The maximum atomic E-state index is 13.3. The second-order valence-corrected chi connectivity index (χ2v) is 7.85. The largest absolute Gasteiger partial charge is 0.493 e. The summed E-state index contributed by atoms with van der Waals surface area (Å²) >= 11 is 0. The Bertz CT molecular complexity index is 941. The van der Waals surface area contributed by atoms with Gasteiger partial charge in [0.05, 0.1) is 19.9 Å². The number of ether oxygens (including phenoxy) is 2. The molecule has 1 amide bonds. The summed E-state index contributed by atoms with van der Waals surface area (Å²) in [7, 11) is 3.20. The average Bonchev–Trinajstić information content (AvgIpc) is 2.82. The van der Waals surface area contributed by atoms with Crippen molar-refractivity contribution in [1.82, 2.24) is 14.9 Å². The molecule has 1 fully saturated rings. The predicted molar refractivity (Wildman–Crippen MR) is 125 cm³/mol. The number of hydroxylamine groups is 2. The van der Waals surface area contributed by atoms with Crippen molar-refractivity contribution >= 4 is 11.5 Å². The van der Waals surface area contributed by atoms with Crippen molar-refractivity contribution in [2.75, 3.05) is 40.4 Å². The summed E-state index contributed by atoms with van der Waals surface area (Å²) in [6.45, 7) is 6.62. The highest BCUT2D eigenvalue weighted by molar-refractivity contribution is 5.97. The van der Waals surface area contributed by atoms with Crippen LogP contribution in [0.3, 0.4) is 0 Å². The number of nitrogens with zero attached hydrogens (tertiary/aromatic N) is 3. The second kappa shape index (κ2) is 11.0. The zero-order chi connectivity index (χ0) is 23.1. The van der Waals surface area contributed by atoms with Gasteiger partial charge in [-0.2, -0.15) is 5.06 Å². The third-order valence-corrected chi connectivity index (χ3v) is 5.64. The third kappa shape index (κ3) is 5.60. The molecule has 1 aromatic carbocycles. The summed E-state index contributed by atoms with van der Waals surface area (Å²) in [6.07, 6.45) is 11.6. The van der Waals surface area contributed by atoms with Crippen LogP contribution in [-0.4, -0.2) is 66.4 Å². The first kappa shape index (κ1) is 23.6. The minimum atomic E-state index is -0.109. The van der Waals surface area contributed by atoms with Crippen LogP contribution in [-0.2, 0) is 4.79 Å². The van der Waals surface area contributed by atoms with Crippen LogP contribution < -0.4 is 9.47 Å². The molecule has 2 aliphatic rings. The minimum Gasteiger partial charge on any atom is -0.493 e. The average molecular weight is 440 g/mol. The Morgan fingerprint density at radius 3 is 2.47 bits per heavy atom. The lowest BCUT2D eigenvalue weighted by Crippen LogP contribution is -2.44. The molecular weight excluding hydrogens is 406 g/mol. The molecule has 1 N–H and O–H groups in total. The molecule has 1 aromatic rings. The predicted octanol–water partition coefficient (Wildman–Crippen LogP) is 4.04. The molecule has 3 rings (SSSR count). The Labute approximate surface area is 190 Å². The van der Waals surface area contributed by atoms with E-state index in [9.17, 15) is 10.0 Å². The lowest BCUT2D eigenvalue weighted by Gasteiger charge is -2.35. The number of benzene rings is 1. The molecule has 0 radical (unpaired) electrons. The molecular formula is C25H33N3O4. The smallest absolute Gasteiger partial charge is 0.255 e. The first-order valence-corrected chi connectivity index (χ1v) is 11.0. The lowest BCUT2D eigenvalue weighted by molar-refractivity contribution is -0.122. The Kier molecular flexibility index (Phi) is 8.14. The van der Waals surface area contributed by atoms with Gasteiger partial charge >= 0.3 is 0 Å². The summed E-state index contributed by atoms with van der Waals surface area (Å²) in [5.41, 5.74) is 3.57. The maximum Gasteiger partial charge on any atom is 0.255 e. The highest BCUT2D eigenvalue weighted by Gasteiger charge is 2.22. The van der Waals surface area contributed by atoms with E-state index in [1.165, 1.54) is 5.06 Å². The third-order valence-electron chi connectivity index (χ3n) is 5.64. The number of methoxy groups -OCH3 is 2. The zero-order valence-corrected chi connectivity index (χ0v) is 19.4. The Morgan fingerprint density at radius 2 is 1.81 bits per heavy atom. The molecule has 0 spiro atoms. The highest BCUT2D eigenvalue weighted by atomic mass is 16.5. The van der Waals surface area contributed by atoms with Gasteiger partial charge in [0.2, 0.25) is 0 Å². The fourth-order valence-corrected chi connectivity index (χ4v) is 3.71. The SMILES string of the molecule is CCCC=C1C=CC(N2CCN(O)CC2)=CN1C(=O)C=C(C)c1ccc(OC)c(OC)c1. The number of carbonyl (C=O) groups is 1. The van der Waals surface area contributed by atoms with E-state index in [1.54, 1.807) is 25.2 Å². The van der Waals surface area contributed by atoms with Crippen molar-refractivity contribution in [2.45, 2.75) is 26.7 Å². The van der Waals surface area contributed by atoms with Crippen molar-refractivity contribution < 1.29 is 19.5 Å². The zero-order valence-electron chi connectivity index (χ0n) is 19.4. The first-order valence-electron chi connectivity index (χ1n) is 11.0. The molecule has 0 aliphatic carbocycles. The Balaban J connectivity index is 1.87. The van der Waals surface area contributed by atoms with E-state index >= 15 is 0 Å². The van der Waals surface area contributed by atoms with Gasteiger partial charge in [-0.05, 0) is 48.8 Å². The molecule has 0 atom stereocenters.